The molecule has 0 aliphatic heterocycles. The first-order valence-electron chi connectivity index (χ1n) is 6.43. The van der Waals surface area contributed by atoms with E-state index in [4.69, 9.17) is 0 Å². The summed E-state index contributed by atoms with van der Waals surface area (Å²) in [6, 6.07) is 4.85. The molecule has 0 spiro atoms. The van der Waals surface area contributed by atoms with Crippen molar-refractivity contribution in [1.82, 2.24) is 15.6 Å². The SMILES string of the molecule is CNCC(=O)NCc1csc(-c2ccc(C(F)(F)F)cc2)n1. The Morgan fingerprint density at radius 3 is 2.55 bits per heavy atom. The lowest BCUT2D eigenvalue weighted by Crippen LogP contribution is -2.31. The number of benzene rings is 1. The smallest absolute Gasteiger partial charge is 0.349 e. The van der Waals surface area contributed by atoms with Crippen molar-refractivity contribution in [2.45, 2.75) is 12.7 Å². The average molecular weight is 329 g/mol. The van der Waals surface area contributed by atoms with Gasteiger partial charge in [0.05, 0.1) is 24.3 Å². The Balaban J connectivity index is 2.03. The number of nitrogens with zero attached hydrogens (tertiary/aromatic N) is 1. The van der Waals surface area contributed by atoms with Crippen molar-refractivity contribution < 1.29 is 18.0 Å². The molecule has 0 saturated carbocycles. The van der Waals surface area contributed by atoms with Gasteiger partial charge in [-0.25, -0.2) is 4.98 Å². The summed E-state index contributed by atoms with van der Waals surface area (Å²) in [7, 11) is 1.67. The van der Waals surface area contributed by atoms with Gasteiger partial charge in [0, 0.05) is 10.9 Å². The third kappa shape index (κ3) is 4.28. The van der Waals surface area contributed by atoms with Crippen LogP contribution in [-0.2, 0) is 17.5 Å². The number of hydrogen-bond donors (Lipinski definition) is 2. The van der Waals surface area contributed by atoms with Crippen molar-refractivity contribution in [2.24, 2.45) is 0 Å². The van der Waals surface area contributed by atoms with Crippen LogP contribution in [0.1, 0.15) is 11.3 Å². The molecule has 2 aromatic rings. The third-order valence-corrected chi connectivity index (χ3v) is 3.76. The Labute approximate surface area is 129 Å². The molecule has 4 nitrogen and oxygen atoms in total. The molecular weight excluding hydrogens is 315 g/mol. The van der Waals surface area contributed by atoms with E-state index in [9.17, 15) is 18.0 Å². The molecule has 22 heavy (non-hydrogen) atoms. The molecule has 0 aliphatic carbocycles. The van der Waals surface area contributed by atoms with Crippen molar-refractivity contribution in [2.75, 3.05) is 13.6 Å². The summed E-state index contributed by atoms with van der Waals surface area (Å²) in [4.78, 5) is 15.6. The van der Waals surface area contributed by atoms with E-state index in [0.717, 1.165) is 12.1 Å². The zero-order valence-electron chi connectivity index (χ0n) is 11.7. The maximum absolute atomic E-state index is 12.5. The van der Waals surface area contributed by atoms with Crippen LogP contribution in [-0.4, -0.2) is 24.5 Å². The van der Waals surface area contributed by atoms with Crippen LogP contribution in [0.25, 0.3) is 10.6 Å². The molecular formula is C14H14F3N3OS. The Hall–Kier alpha value is -1.93. The molecule has 0 aliphatic rings. The van der Waals surface area contributed by atoms with Crippen molar-refractivity contribution in [1.29, 1.82) is 0 Å². The van der Waals surface area contributed by atoms with Crippen LogP contribution in [0.2, 0.25) is 0 Å². The van der Waals surface area contributed by atoms with Crippen LogP contribution in [0.3, 0.4) is 0 Å². The molecule has 0 unspecified atom stereocenters. The quantitative estimate of drug-likeness (QED) is 0.887. The fourth-order valence-electron chi connectivity index (χ4n) is 1.73. The molecule has 118 valence electrons. The molecule has 0 radical (unpaired) electrons. The number of aromatic nitrogens is 1. The van der Waals surface area contributed by atoms with Crippen molar-refractivity contribution in [3.63, 3.8) is 0 Å². The van der Waals surface area contributed by atoms with Crippen LogP contribution in [0.15, 0.2) is 29.6 Å². The summed E-state index contributed by atoms with van der Waals surface area (Å²) >= 11 is 1.32. The number of hydrogen-bond acceptors (Lipinski definition) is 4. The number of nitrogens with one attached hydrogen (secondary N) is 2. The second-order valence-electron chi connectivity index (χ2n) is 4.53. The summed E-state index contributed by atoms with van der Waals surface area (Å²) in [5.74, 6) is -0.147. The minimum absolute atomic E-state index is 0.147. The summed E-state index contributed by atoms with van der Waals surface area (Å²) in [6.07, 6.45) is -4.34. The number of rotatable bonds is 5. The van der Waals surface area contributed by atoms with Crippen LogP contribution < -0.4 is 10.6 Å². The molecule has 8 heteroatoms. The summed E-state index contributed by atoms with van der Waals surface area (Å²) < 4.78 is 37.5. The van der Waals surface area contributed by atoms with E-state index in [-0.39, 0.29) is 19.0 Å². The molecule has 1 aromatic carbocycles. The van der Waals surface area contributed by atoms with E-state index < -0.39 is 11.7 Å². The molecule has 1 aromatic heterocycles. The maximum atomic E-state index is 12.5. The fourth-order valence-corrected chi connectivity index (χ4v) is 2.56. The lowest BCUT2D eigenvalue weighted by Gasteiger charge is -2.06. The van der Waals surface area contributed by atoms with Crippen LogP contribution in [0, 0.1) is 0 Å². The zero-order valence-corrected chi connectivity index (χ0v) is 12.5. The van der Waals surface area contributed by atoms with Gasteiger partial charge >= 0.3 is 6.18 Å². The Morgan fingerprint density at radius 1 is 1.27 bits per heavy atom. The van der Waals surface area contributed by atoms with Gasteiger partial charge in [0.15, 0.2) is 0 Å². The second kappa shape index (κ2) is 6.89. The van der Waals surface area contributed by atoms with Gasteiger partial charge in [0.1, 0.15) is 5.01 Å². The van der Waals surface area contributed by atoms with Crippen LogP contribution in [0.5, 0.6) is 0 Å². The molecule has 0 fully saturated rings. The number of likely N-dealkylation sites (N-methyl/N-ethyl adjacent to an activating group) is 1. The topological polar surface area (TPSA) is 54.0 Å². The zero-order chi connectivity index (χ0) is 16.2. The molecule has 1 heterocycles. The minimum atomic E-state index is -4.34. The summed E-state index contributed by atoms with van der Waals surface area (Å²) in [5.41, 5.74) is 0.600. The van der Waals surface area contributed by atoms with Crippen molar-refractivity contribution in [3.8, 4) is 10.6 Å². The highest BCUT2D eigenvalue weighted by Crippen LogP contribution is 2.31. The summed E-state index contributed by atoms with van der Waals surface area (Å²) in [5, 5.41) is 7.81. The molecule has 0 atom stereocenters. The highest BCUT2D eigenvalue weighted by atomic mass is 32.1. The average Bonchev–Trinajstić information content (AvgIpc) is 2.93. The predicted molar refractivity (Wildman–Crippen MR) is 78.3 cm³/mol. The van der Waals surface area contributed by atoms with Gasteiger partial charge in [-0.1, -0.05) is 12.1 Å². The second-order valence-corrected chi connectivity index (χ2v) is 5.38. The van der Waals surface area contributed by atoms with Crippen LogP contribution >= 0.6 is 11.3 Å². The maximum Gasteiger partial charge on any atom is 0.416 e. The lowest BCUT2D eigenvalue weighted by molar-refractivity contribution is -0.137. The molecule has 2 rings (SSSR count). The standard InChI is InChI=1S/C14H14F3N3OS/c1-18-7-12(21)19-6-11-8-22-13(20-11)9-2-4-10(5-3-9)14(15,16)17/h2-5,8,18H,6-7H2,1H3,(H,19,21). The van der Waals surface area contributed by atoms with E-state index in [1.807, 2.05) is 0 Å². The van der Waals surface area contributed by atoms with Gasteiger partial charge in [0.2, 0.25) is 5.91 Å². The fraction of sp³-hybridized carbons (Fsp3) is 0.286. The van der Waals surface area contributed by atoms with E-state index in [1.54, 1.807) is 12.4 Å². The van der Waals surface area contributed by atoms with Gasteiger partial charge in [-0.05, 0) is 19.2 Å². The number of alkyl halides is 3. The van der Waals surface area contributed by atoms with Gasteiger partial charge in [-0.3, -0.25) is 4.79 Å². The van der Waals surface area contributed by atoms with E-state index in [0.29, 0.717) is 16.3 Å². The normalized spacial score (nSPS) is 11.5. The van der Waals surface area contributed by atoms with Crippen molar-refractivity contribution in [3.05, 3.63) is 40.9 Å². The van der Waals surface area contributed by atoms with E-state index in [2.05, 4.69) is 15.6 Å². The molecule has 0 saturated heterocycles. The Kier molecular flexibility index (Phi) is 5.15. The third-order valence-electron chi connectivity index (χ3n) is 2.81. The van der Waals surface area contributed by atoms with Gasteiger partial charge in [-0.2, -0.15) is 13.2 Å². The van der Waals surface area contributed by atoms with E-state index >= 15 is 0 Å². The van der Waals surface area contributed by atoms with Gasteiger partial charge in [0.25, 0.3) is 0 Å². The predicted octanol–water partition coefficient (Wildman–Crippen LogP) is 2.66. The molecule has 1 amide bonds. The number of halogens is 3. The number of carbonyl (C=O) groups is 1. The largest absolute Gasteiger partial charge is 0.416 e. The van der Waals surface area contributed by atoms with Gasteiger partial charge < -0.3 is 10.6 Å². The summed E-state index contributed by atoms with van der Waals surface area (Å²) in [6.45, 7) is 0.507. The number of amides is 1. The molecule has 2 N–H and O–H groups in total. The number of carbonyl (C=O) groups excluding carboxylic acids is 1. The number of thiazole rings is 1. The first-order chi connectivity index (χ1) is 10.4. The van der Waals surface area contributed by atoms with Crippen LogP contribution in [0.4, 0.5) is 13.2 Å². The molecule has 0 bridgehead atoms. The minimum Gasteiger partial charge on any atom is -0.349 e. The lowest BCUT2D eigenvalue weighted by atomic mass is 10.1. The van der Waals surface area contributed by atoms with E-state index in [1.165, 1.54) is 23.5 Å². The first kappa shape index (κ1) is 16.4. The highest BCUT2D eigenvalue weighted by Gasteiger charge is 2.30. The monoisotopic (exact) mass is 329 g/mol. The Morgan fingerprint density at radius 2 is 1.95 bits per heavy atom. The van der Waals surface area contributed by atoms with Crippen molar-refractivity contribution >= 4 is 17.2 Å². The first-order valence-corrected chi connectivity index (χ1v) is 7.31. The highest BCUT2D eigenvalue weighted by molar-refractivity contribution is 7.13. The Bertz CT molecular complexity index is 638. The van der Waals surface area contributed by atoms with Gasteiger partial charge in [-0.15, -0.1) is 11.3 Å².